The highest BCUT2D eigenvalue weighted by molar-refractivity contribution is 7.16. The van der Waals surface area contributed by atoms with Crippen molar-refractivity contribution < 1.29 is 9.53 Å². The largest absolute Gasteiger partial charge is 0.482 e. The molecule has 1 aromatic carbocycles. The molecule has 1 aromatic heterocycles. The number of thiophene rings is 1. The number of amides is 1. The topological polar surface area (TPSA) is 62.1 Å². The van der Waals surface area contributed by atoms with E-state index in [2.05, 4.69) is 11.4 Å². The second-order valence-corrected chi connectivity index (χ2v) is 7.39. The van der Waals surface area contributed by atoms with Gasteiger partial charge in [-0.25, -0.2) is 0 Å². The Hall–Kier alpha value is -1.74. The molecule has 2 aromatic rings. The fourth-order valence-corrected chi connectivity index (χ4v) is 4.39. The summed E-state index contributed by atoms with van der Waals surface area (Å²) in [6, 6.07) is 7.02. The maximum absolute atomic E-state index is 12.1. The Kier molecular flexibility index (Phi) is 5.30. The molecule has 3 rings (SSSR count). The molecule has 0 radical (unpaired) electrons. The molecule has 1 aliphatic carbocycles. The zero-order valence-electron chi connectivity index (χ0n) is 12.7. The molecule has 0 saturated carbocycles. The van der Waals surface area contributed by atoms with Gasteiger partial charge in [0, 0.05) is 9.90 Å². The molecule has 1 N–H and O–H groups in total. The normalized spacial score (nSPS) is 13.0. The van der Waals surface area contributed by atoms with Gasteiger partial charge in [0.1, 0.15) is 16.8 Å². The summed E-state index contributed by atoms with van der Waals surface area (Å²) >= 11 is 13.3. The Morgan fingerprint density at radius 2 is 2.12 bits per heavy atom. The Bertz CT molecular complexity index is 827. The van der Waals surface area contributed by atoms with E-state index >= 15 is 0 Å². The zero-order valence-corrected chi connectivity index (χ0v) is 15.0. The summed E-state index contributed by atoms with van der Waals surface area (Å²) in [5.74, 6) is 0.0679. The molecule has 1 amide bonds. The van der Waals surface area contributed by atoms with Gasteiger partial charge in [-0.05, 0) is 49.4 Å². The number of fused-ring (bicyclic) bond motifs is 1. The molecule has 7 heteroatoms. The van der Waals surface area contributed by atoms with Crippen LogP contribution in [0.4, 0.5) is 5.00 Å². The fraction of sp³-hybridized carbons (Fsp3) is 0.294. The van der Waals surface area contributed by atoms with E-state index in [1.54, 1.807) is 18.2 Å². The lowest BCUT2D eigenvalue weighted by Gasteiger charge is -2.09. The number of ether oxygens (including phenoxy) is 1. The van der Waals surface area contributed by atoms with Crippen LogP contribution in [-0.4, -0.2) is 12.5 Å². The Morgan fingerprint density at radius 3 is 2.88 bits per heavy atom. The molecular weight excluding hydrogens is 367 g/mol. The van der Waals surface area contributed by atoms with Gasteiger partial charge in [-0.1, -0.05) is 23.2 Å². The van der Waals surface area contributed by atoms with Crippen molar-refractivity contribution in [3.05, 3.63) is 44.2 Å². The average Bonchev–Trinajstić information content (AvgIpc) is 2.90. The molecule has 1 heterocycles. The molecule has 1 aliphatic rings. The highest BCUT2D eigenvalue weighted by Crippen LogP contribution is 2.37. The predicted octanol–water partition coefficient (Wildman–Crippen LogP) is 4.82. The number of carbonyl (C=O) groups is 1. The number of halogens is 2. The van der Waals surface area contributed by atoms with E-state index in [0.717, 1.165) is 31.2 Å². The van der Waals surface area contributed by atoms with Crippen molar-refractivity contribution >= 4 is 45.4 Å². The third-order valence-electron chi connectivity index (χ3n) is 3.79. The Balaban J connectivity index is 1.67. The minimum atomic E-state index is -0.323. The third-order valence-corrected chi connectivity index (χ3v) is 5.53. The van der Waals surface area contributed by atoms with Gasteiger partial charge in [-0.2, -0.15) is 5.26 Å². The number of rotatable bonds is 4. The van der Waals surface area contributed by atoms with Gasteiger partial charge in [-0.15, -0.1) is 11.3 Å². The number of hydrogen-bond acceptors (Lipinski definition) is 4. The first-order valence-electron chi connectivity index (χ1n) is 7.51. The van der Waals surface area contributed by atoms with E-state index in [1.807, 2.05) is 0 Å². The SMILES string of the molecule is N#Cc1c(NC(=O)COc2ccc(Cl)cc2Cl)sc2c1CCCC2. The van der Waals surface area contributed by atoms with Crippen LogP contribution in [0, 0.1) is 11.3 Å². The quantitative estimate of drug-likeness (QED) is 0.826. The molecule has 0 aliphatic heterocycles. The van der Waals surface area contributed by atoms with Crippen LogP contribution in [-0.2, 0) is 17.6 Å². The van der Waals surface area contributed by atoms with Crippen molar-refractivity contribution in [2.45, 2.75) is 25.7 Å². The molecule has 0 bridgehead atoms. The summed E-state index contributed by atoms with van der Waals surface area (Å²) in [6.07, 6.45) is 4.09. The Morgan fingerprint density at radius 1 is 1.33 bits per heavy atom. The number of nitriles is 1. The van der Waals surface area contributed by atoms with Crippen LogP contribution in [0.1, 0.15) is 28.8 Å². The summed E-state index contributed by atoms with van der Waals surface area (Å²) in [5, 5.41) is 13.6. The molecule has 0 spiro atoms. The van der Waals surface area contributed by atoms with E-state index in [0.29, 0.717) is 26.4 Å². The van der Waals surface area contributed by atoms with Crippen LogP contribution in [0.5, 0.6) is 5.75 Å². The van der Waals surface area contributed by atoms with Crippen LogP contribution in [0.3, 0.4) is 0 Å². The first-order valence-corrected chi connectivity index (χ1v) is 9.08. The van der Waals surface area contributed by atoms with E-state index in [4.69, 9.17) is 27.9 Å². The number of hydrogen-bond donors (Lipinski definition) is 1. The van der Waals surface area contributed by atoms with Crippen molar-refractivity contribution in [1.82, 2.24) is 0 Å². The number of nitrogens with zero attached hydrogens (tertiary/aromatic N) is 1. The van der Waals surface area contributed by atoms with Gasteiger partial charge >= 0.3 is 0 Å². The van der Waals surface area contributed by atoms with E-state index < -0.39 is 0 Å². The van der Waals surface area contributed by atoms with Crippen LogP contribution in [0.2, 0.25) is 10.0 Å². The van der Waals surface area contributed by atoms with E-state index in [1.165, 1.54) is 16.2 Å². The monoisotopic (exact) mass is 380 g/mol. The Labute approximate surface area is 154 Å². The summed E-state index contributed by atoms with van der Waals surface area (Å²) in [7, 11) is 0. The molecule has 124 valence electrons. The summed E-state index contributed by atoms with van der Waals surface area (Å²) in [4.78, 5) is 13.3. The maximum atomic E-state index is 12.1. The standard InChI is InChI=1S/C17H14Cl2N2O2S/c18-10-5-6-14(13(19)7-10)23-9-16(22)21-17-12(8-20)11-3-1-2-4-15(11)24-17/h5-7H,1-4,9H2,(H,21,22). The second-order valence-electron chi connectivity index (χ2n) is 5.44. The lowest BCUT2D eigenvalue weighted by Crippen LogP contribution is -2.20. The van der Waals surface area contributed by atoms with Crippen LogP contribution in [0.15, 0.2) is 18.2 Å². The predicted molar refractivity (Wildman–Crippen MR) is 96.3 cm³/mol. The van der Waals surface area contributed by atoms with Gasteiger partial charge in [0.2, 0.25) is 0 Å². The highest BCUT2D eigenvalue weighted by Gasteiger charge is 2.21. The van der Waals surface area contributed by atoms with Gasteiger partial charge < -0.3 is 10.1 Å². The number of benzene rings is 1. The van der Waals surface area contributed by atoms with Crippen molar-refractivity contribution in [2.75, 3.05) is 11.9 Å². The summed E-state index contributed by atoms with van der Waals surface area (Å²) in [5.41, 5.74) is 1.68. The zero-order chi connectivity index (χ0) is 17.1. The minimum Gasteiger partial charge on any atom is -0.482 e. The van der Waals surface area contributed by atoms with Crippen LogP contribution in [0.25, 0.3) is 0 Å². The molecular formula is C17H14Cl2N2O2S. The smallest absolute Gasteiger partial charge is 0.262 e. The average molecular weight is 381 g/mol. The van der Waals surface area contributed by atoms with Crippen molar-refractivity contribution in [1.29, 1.82) is 5.26 Å². The molecule has 0 saturated heterocycles. The van der Waals surface area contributed by atoms with Crippen molar-refractivity contribution in [2.24, 2.45) is 0 Å². The summed E-state index contributed by atoms with van der Waals surface area (Å²) in [6.45, 7) is -0.186. The number of nitrogens with one attached hydrogen (secondary N) is 1. The van der Waals surface area contributed by atoms with E-state index in [9.17, 15) is 10.1 Å². The van der Waals surface area contributed by atoms with Gasteiger partial charge in [0.05, 0.1) is 10.6 Å². The van der Waals surface area contributed by atoms with Gasteiger partial charge in [0.15, 0.2) is 6.61 Å². The second kappa shape index (κ2) is 7.43. The lowest BCUT2D eigenvalue weighted by atomic mass is 9.96. The molecule has 0 unspecified atom stereocenters. The number of aryl methyl sites for hydroxylation is 1. The van der Waals surface area contributed by atoms with Crippen LogP contribution >= 0.6 is 34.5 Å². The number of carbonyl (C=O) groups excluding carboxylic acids is 1. The van der Waals surface area contributed by atoms with Crippen molar-refractivity contribution in [3.63, 3.8) is 0 Å². The maximum Gasteiger partial charge on any atom is 0.262 e. The van der Waals surface area contributed by atoms with Gasteiger partial charge in [0.25, 0.3) is 5.91 Å². The first-order chi connectivity index (χ1) is 11.6. The third kappa shape index (κ3) is 3.67. The summed E-state index contributed by atoms with van der Waals surface area (Å²) < 4.78 is 5.42. The van der Waals surface area contributed by atoms with Crippen molar-refractivity contribution in [3.8, 4) is 11.8 Å². The first kappa shape index (κ1) is 17.1. The molecule has 0 fully saturated rings. The molecule has 4 nitrogen and oxygen atoms in total. The van der Waals surface area contributed by atoms with Crippen LogP contribution < -0.4 is 10.1 Å². The fourth-order valence-electron chi connectivity index (χ4n) is 2.67. The molecule has 0 atom stereocenters. The molecule has 24 heavy (non-hydrogen) atoms. The highest BCUT2D eigenvalue weighted by atomic mass is 35.5. The lowest BCUT2D eigenvalue weighted by molar-refractivity contribution is -0.118. The number of anilines is 1. The van der Waals surface area contributed by atoms with Gasteiger partial charge in [-0.3, -0.25) is 4.79 Å². The minimum absolute atomic E-state index is 0.186. The van der Waals surface area contributed by atoms with E-state index in [-0.39, 0.29) is 12.5 Å².